The number of hydrogen-bond donors (Lipinski definition) is 2. The van der Waals surface area contributed by atoms with Gasteiger partial charge in [-0.25, -0.2) is 17.8 Å². The number of hydrogen-bond acceptors (Lipinski definition) is 5. The molecule has 0 aliphatic heterocycles. The van der Waals surface area contributed by atoms with E-state index in [1.165, 1.54) is 11.7 Å². The highest BCUT2D eigenvalue weighted by atomic mass is 79.9. The van der Waals surface area contributed by atoms with Gasteiger partial charge in [0.1, 0.15) is 0 Å². The van der Waals surface area contributed by atoms with E-state index >= 15 is 0 Å². The smallest absolute Gasteiger partial charge is 0.261 e. The first-order valence-electron chi connectivity index (χ1n) is 5.60. The molecule has 7 nitrogen and oxygen atoms in total. The molecule has 1 aliphatic rings. The van der Waals surface area contributed by atoms with Gasteiger partial charge in [-0.15, -0.1) is 5.10 Å². The van der Waals surface area contributed by atoms with Gasteiger partial charge < -0.3 is 5.11 Å². The first kappa shape index (κ1) is 13.9. The van der Waals surface area contributed by atoms with Crippen LogP contribution in [0.1, 0.15) is 25.7 Å². The molecule has 0 aromatic carbocycles. The van der Waals surface area contributed by atoms with Gasteiger partial charge >= 0.3 is 0 Å². The molecule has 0 radical (unpaired) electrons. The maximum absolute atomic E-state index is 12.3. The average Bonchev–Trinajstić information content (AvgIpc) is 2.86. The number of nitrogens with one attached hydrogen (secondary N) is 1. The molecule has 0 atom stereocenters. The molecular weight excluding hydrogens is 324 g/mol. The quantitative estimate of drug-likeness (QED) is 0.815. The zero-order valence-electron chi connectivity index (χ0n) is 9.93. The van der Waals surface area contributed by atoms with E-state index < -0.39 is 15.6 Å². The Labute approximate surface area is 114 Å². The molecule has 0 spiro atoms. The Morgan fingerprint density at radius 3 is 2.56 bits per heavy atom. The fourth-order valence-corrected chi connectivity index (χ4v) is 4.83. The summed E-state index contributed by atoms with van der Waals surface area (Å²) in [6.45, 7) is -0.199. The van der Waals surface area contributed by atoms with E-state index in [4.69, 9.17) is 0 Å². The molecule has 1 fully saturated rings. The van der Waals surface area contributed by atoms with Gasteiger partial charge in [0.25, 0.3) is 10.0 Å². The summed E-state index contributed by atoms with van der Waals surface area (Å²) in [5, 5.41) is 16.7. The lowest BCUT2D eigenvalue weighted by Gasteiger charge is -2.27. The molecule has 1 aliphatic carbocycles. The minimum absolute atomic E-state index is 0.0257. The van der Waals surface area contributed by atoms with Crippen molar-refractivity contribution in [1.29, 1.82) is 0 Å². The normalized spacial score (nSPS) is 19.3. The second-order valence-corrected chi connectivity index (χ2v) is 6.91. The van der Waals surface area contributed by atoms with Gasteiger partial charge in [-0.3, -0.25) is 0 Å². The van der Waals surface area contributed by atoms with E-state index in [0.717, 1.165) is 12.8 Å². The summed E-state index contributed by atoms with van der Waals surface area (Å²) in [5.41, 5.74) is -0.747. The molecule has 0 amide bonds. The first-order valence-corrected chi connectivity index (χ1v) is 7.88. The lowest BCUT2D eigenvalue weighted by atomic mass is 10.0. The summed E-state index contributed by atoms with van der Waals surface area (Å²) in [7, 11) is -2.24. The van der Waals surface area contributed by atoms with E-state index in [0.29, 0.717) is 12.8 Å². The fourth-order valence-electron chi connectivity index (χ4n) is 2.29. The van der Waals surface area contributed by atoms with Crippen molar-refractivity contribution in [1.82, 2.24) is 19.7 Å². The SMILES string of the molecule is Cn1nnc(Br)c1S(=O)(=O)NC1(CO)CCCC1. The summed E-state index contributed by atoms with van der Waals surface area (Å²) in [4.78, 5) is 0. The number of aliphatic hydroxyl groups excluding tert-OH is 1. The van der Waals surface area contributed by atoms with E-state index in [1.807, 2.05) is 0 Å². The third-order valence-electron chi connectivity index (χ3n) is 3.21. The van der Waals surface area contributed by atoms with Crippen molar-refractivity contribution >= 4 is 26.0 Å². The van der Waals surface area contributed by atoms with Crippen molar-refractivity contribution < 1.29 is 13.5 Å². The van der Waals surface area contributed by atoms with Crippen LogP contribution in [-0.4, -0.2) is 40.7 Å². The Hall–Kier alpha value is -0.510. The van der Waals surface area contributed by atoms with Gasteiger partial charge in [-0.05, 0) is 28.8 Å². The predicted molar refractivity (Wildman–Crippen MR) is 67.3 cm³/mol. The topological polar surface area (TPSA) is 97.1 Å². The predicted octanol–water partition coefficient (Wildman–Crippen LogP) is 0.161. The maximum Gasteiger partial charge on any atom is 0.261 e. The van der Waals surface area contributed by atoms with E-state index in [9.17, 15) is 13.5 Å². The lowest BCUT2D eigenvalue weighted by Crippen LogP contribution is -2.49. The average molecular weight is 339 g/mol. The van der Waals surface area contributed by atoms with Crippen LogP contribution >= 0.6 is 15.9 Å². The van der Waals surface area contributed by atoms with Gasteiger partial charge in [0.15, 0.2) is 4.60 Å². The third kappa shape index (κ3) is 2.44. The van der Waals surface area contributed by atoms with Gasteiger partial charge in [-0.1, -0.05) is 18.1 Å². The number of halogens is 1. The molecule has 1 aromatic rings. The second-order valence-electron chi connectivity index (χ2n) is 4.56. The van der Waals surface area contributed by atoms with Crippen molar-refractivity contribution in [2.75, 3.05) is 6.61 Å². The summed E-state index contributed by atoms with van der Waals surface area (Å²) >= 11 is 3.07. The molecule has 1 aromatic heterocycles. The summed E-state index contributed by atoms with van der Waals surface area (Å²) in [6.07, 6.45) is 3.11. The van der Waals surface area contributed by atoms with Gasteiger partial charge in [0, 0.05) is 7.05 Å². The Bertz CT molecular complexity index is 517. The van der Waals surface area contributed by atoms with E-state index in [-0.39, 0.29) is 16.2 Å². The second kappa shape index (κ2) is 4.87. The van der Waals surface area contributed by atoms with Crippen LogP contribution < -0.4 is 4.72 Å². The Kier molecular flexibility index (Phi) is 3.77. The number of aryl methyl sites for hydroxylation is 1. The molecule has 1 heterocycles. The number of sulfonamides is 1. The van der Waals surface area contributed by atoms with Crippen molar-refractivity contribution in [3.05, 3.63) is 4.60 Å². The van der Waals surface area contributed by atoms with Crippen molar-refractivity contribution in [3.63, 3.8) is 0 Å². The molecule has 2 N–H and O–H groups in total. The number of aromatic nitrogens is 3. The van der Waals surface area contributed by atoms with Crippen LogP contribution in [0.15, 0.2) is 9.63 Å². The zero-order valence-corrected chi connectivity index (χ0v) is 12.3. The monoisotopic (exact) mass is 338 g/mol. The van der Waals surface area contributed by atoms with Crippen molar-refractivity contribution in [2.24, 2.45) is 7.05 Å². The number of rotatable bonds is 4. The molecule has 0 unspecified atom stereocenters. The van der Waals surface area contributed by atoms with Crippen molar-refractivity contribution in [3.8, 4) is 0 Å². The molecule has 0 saturated heterocycles. The fraction of sp³-hybridized carbons (Fsp3) is 0.778. The van der Waals surface area contributed by atoms with E-state index in [2.05, 4.69) is 31.0 Å². The van der Waals surface area contributed by atoms with Crippen molar-refractivity contribution in [2.45, 2.75) is 36.2 Å². The molecule has 2 rings (SSSR count). The van der Waals surface area contributed by atoms with Crippen LogP contribution in [0.4, 0.5) is 0 Å². The minimum Gasteiger partial charge on any atom is -0.394 e. The van der Waals surface area contributed by atoms with Crippen LogP contribution in [0.25, 0.3) is 0 Å². The largest absolute Gasteiger partial charge is 0.394 e. The Balaban J connectivity index is 2.33. The molecule has 102 valence electrons. The lowest BCUT2D eigenvalue weighted by molar-refractivity contribution is 0.185. The Morgan fingerprint density at radius 1 is 1.50 bits per heavy atom. The Morgan fingerprint density at radius 2 is 2.11 bits per heavy atom. The molecule has 1 saturated carbocycles. The zero-order chi connectivity index (χ0) is 13.4. The molecular formula is C9H15BrN4O3S. The van der Waals surface area contributed by atoms with Crippen LogP contribution in [0.5, 0.6) is 0 Å². The standard InChI is InChI=1S/C9H15BrN4O3S/c1-14-8(7(10)11-13-14)18(16,17)12-9(6-15)4-2-3-5-9/h12,15H,2-6H2,1H3. The molecule has 9 heteroatoms. The maximum atomic E-state index is 12.3. The van der Waals surface area contributed by atoms with Gasteiger partial charge in [0.05, 0.1) is 12.1 Å². The molecule has 0 bridgehead atoms. The highest BCUT2D eigenvalue weighted by molar-refractivity contribution is 9.10. The highest BCUT2D eigenvalue weighted by Gasteiger charge is 2.39. The first-order chi connectivity index (χ1) is 8.40. The summed E-state index contributed by atoms with van der Waals surface area (Å²) in [6, 6.07) is 0. The van der Waals surface area contributed by atoms with Gasteiger partial charge in [0.2, 0.25) is 5.03 Å². The third-order valence-corrected chi connectivity index (χ3v) is 5.67. The van der Waals surface area contributed by atoms with Crippen LogP contribution in [0.2, 0.25) is 0 Å². The highest BCUT2D eigenvalue weighted by Crippen LogP contribution is 2.31. The van der Waals surface area contributed by atoms with Crippen LogP contribution in [0, 0.1) is 0 Å². The minimum atomic E-state index is -3.75. The van der Waals surface area contributed by atoms with Crippen LogP contribution in [0.3, 0.4) is 0 Å². The number of nitrogens with zero attached hydrogens (tertiary/aromatic N) is 3. The van der Waals surface area contributed by atoms with Gasteiger partial charge in [-0.2, -0.15) is 0 Å². The van der Waals surface area contributed by atoms with Crippen LogP contribution in [-0.2, 0) is 17.1 Å². The van der Waals surface area contributed by atoms with E-state index in [1.54, 1.807) is 0 Å². The summed E-state index contributed by atoms with van der Waals surface area (Å²) in [5.74, 6) is 0. The summed E-state index contributed by atoms with van der Waals surface area (Å²) < 4.78 is 28.6. The number of aliphatic hydroxyl groups is 1. The molecule has 18 heavy (non-hydrogen) atoms.